The number of hydrogen-bond donors (Lipinski definition) is 2. The number of carbonyl (C=O) groups excluding carboxylic acids is 2. The zero-order valence-corrected chi connectivity index (χ0v) is 6.96. The minimum absolute atomic E-state index is 0.264. The minimum atomic E-state index is -5.13. The number of imidazole rings is 1. The average molecular weight is 223 g/mol. The third kappa shape index (κ3) is 2.69. The molecular weight excluding hydrogens is 219 g/mol. The molecule has 1 rings (SSSR count). The lowest BCUT2D eigenvalue weighted by Crippen LogP contribution is -2.28. The molecule has 0 unspecified atom stereocenters. The molecule has 0 bridgehead atoms. The Kier molecular flexibility index (Phi) is 2.64. The van der Waals surface area contributed by atoms with Crippen molar-refractivity contribution in [3.05, 3.63) is 11.9 Å². The number of aromatic nitrogens is 2. The van der Waals surface area contributed by atoms with Gasteiger partial charge >= 0.3 is 18.2 Å². The van der Waals surface area contributed by atoms with Gasteiger partial charge in [-0.3, -0.25) is 4.79 Å². The Hall–Kier alpha value is -2.06. The van der Waals surface area contributed by atoms with Gasteiger partial charge in [0.05, 0.1) is 6.20 Å². The van der Waals surface area contributed by atoms with Crippen molar-refractivity contribution in [2.45, 2.75) is 6.18 Å². The zero-order chi connectivity index (χ0) is 11.6. The maximum Gasteiger partial charge on any atom is 0.491 e. The second-order valence-corrected chi connectivity index (χ2v) is 2.35. The summed E-state index contributed by atoms with van der Waals surface area (Å²) in [5.41, 5.74) is 4.51. The Balaban J connectivity index is 2.74. The van der Waals surface area contributed by atoms with Gasteiger partial charge in [-0.05, 0) is 0 Å². The van der Waals surface area contributed by atoms with Crippen LogP contribution in [0, 0.1) is 0 Å². The van der Waals surface area contributed by atoms with Crippen LogP contribution in [0.4, 0.5) is 13.2 Å². The normalized spacial score (nSPS) is 11.1. The number of nitrogens with zero attached hydrogens (tertiary/aromatic N) is 1. The largest absolute Gasteiger partial charge is 0.491 e. The number of alkyl halides is 3. The number of hydrogen-bond acceptors (Lipinski definition) is 4. The fraction of sp³-hybridized carbons (Fsp3) is 0.167. The summed E-state index contributed by atoms with van der Waals surface area (Å²) in [7, 11) is 0. The molecule has 0 fully saturated rings. The van der Waals surface area contributed by atoms with Crippen molar-refractivity contribution in [3.63, 3.8) is 0 Å². The third-order valence-corrected chi connectivity index (χ3v) is 1.24. The molecule has 1 heterocycles. The van der Waals surface area contributed by atoms with Crippen molar-refractivity contribution < 1.29 is 27.5 Å². The zero-order valence-electron chi connectivity index (χ0n) is 6.96. The Bertz CT molecular complexity index is 398. The predicted octanol–water partition coefficient (Wildman–Crippen LogP) is -0.0237. The fourth-order valence-electron chi connectivity index (χ4n) is 0.626. The molecule has 0 radical (unpaired) electrons. The van der Waals surface area contributed by atoms with E-state index in [2.05, 4.69) is 9.72 Å². The van der Waals surface area contributed by atoms with Gasteiger partial charge in [-0.2, -0.15) is 13.2 Å². The topological polar surface area (TPSA) is 98.1 Å². The Morgan fingerprint density at radius 3 is 2.47 bits per heavy atom. The van der Waals surface area contributed by atoms with Crippen LogP contribution in [0.1, 0.15) is 10.5 Å². The molecule has 0 saturated heterocycles. The maximum absolute atomic E-state index is 11.7. The van der Waals surface area contributed by atoms with Crippen molar-refractivity contribution in [2.75, 3.05) is 0 Å². The highest BCUT2D eigenvalue weighted by Gasteiger charge is 2.41. The monoisotopic (exact) mass is 223 g/mol. The van der Waals surface area contributed by atoms with Gasteiger partial charge in [-0.15, -0.1) is 0 Å². The van der Waals surface area contributed by atoms with Crippen LogP contribution in [0.5, 0.6) is 6.01 Å². The number of H-pyrrole nitrogens is 1. The number of halogens is 3. The lowest BCUT2D eigenvalue weighted by Gasteiger charge is -2.02. The van der Waals surface area contributed by atoms with Crippen LogP contribution >= 0.6 is 0 Å². The molecule has 82 valence electrons. The first-order valence-corrected chi connectivity index (χ1v) is 3.44. The van der Waals surface area contributed by atoms with Gasteiger partial charge < -0.3 is 15.5 Å². The first-order chi connectivity index (χ1) is 6.80. The van der Waals surface area contributed by atoms with E-state index >= 15 is 0 Å². The van der Waals surface area contributed by atoms with E-state index in [0.717, 1.165) is 6.20 Å². The minimum Gasteiger partial charge on any atom is -0.385 e. The number of primary amides is 1. The van der Waals surface area contributed by atoms with Crippen LogP contribution in [0.25, 0.3) is 0 Å². The fourth-order valence-corrected chi connectivity index (χ4v) is 0.626. The highest BCUT2D eigenvalue weighted by molar-refractivity contribution is 5.90. The maximum atomic E-state index is 11.7. The van der Waals surface area contributed by atoms with Crippen LogP contribution in [-0.4, -0.2) is 28.0 Å². The summed E-state index contributed by atoms with van der Waals surface area (Å²) in [6.07, 6.45) is -4.28. The molecule has 0 spiro atoms. The van der Waals surface area contributed by atoms with Crippen LogP contribution in [0.2, 0.25) is 0 Å². The Morgan fingerprint density at radius 1 is 1.47 bits per heavy atom. The van der Waals surface area contributed by atoms with Crippen LogP contribution in [0.3, 0.4) is 0 Å². The van der Waals surface area contributed by atoms with E-state index in [-0.39, 0.29) is 5.69 Å². The second-order valence-electron chi connectivity index (χ2n) is 2.35. The van der Waals surface area contributed by atoms with Gasteiger partial charge in [0.1, 0.15) is 5.69 Å². The smallest absolute Gasteiger partial charge is 0.385 e. The molecule has 0 aliphatic heterocycles. The van der Waals surface area contributed by atoms with Gasteiger partial charge in [-0.25, -0.2) is 9.78 Å². The molecule has 0 aromatic carbocycles. The van der Waals surface area contributed by atoms with Gasteiger partial charge in [0.25, 0.3) is 5.91 Å². The predicted molar refractivity (Wildman–Crippen MR) is 38.8 cm³/mol. The SMILES string of the molecule is NC(=O)c1cnc(OC(=O)C(F)(F)F)[nH]1. The molecular formula is C6H4F3N3O3. The van der Waals surface area contributed by atoms with Gasteiger partial charge in [0, 0.05) is 0 Å². The molecule has 9 heteroatoms. The summed E-state index contributed by atoms with van der Waals surface area (Å²) in [6, 6.07) is -0.744. The number of ether oxygens (including phenoxy) is 1. The van der Waals surface area contributed by atoms with E-state index < -0.39 is 24.1 Å². The Morgan fingerprint density at radius 2 is 2.07 bits per heavy atom. The van der Waals surface area contributed by atoms with Crippen molar-refractivity contribution in [2.24, 2.45) is 5.73 Å². The van der Waals surface area contributed by atoms with Crippen LogP contribution < -0.4 is 10.5 Å². The summed E-state index contributed by atoms with van der Waals surface area (Å²) in [6.45, 7) is 0. The highest BCUT2D eigenvalue weighted by atomic mass is 19.4. The van der Waals surface area contributed by atoms with E-state index in [4.69, 9.17) is 5.73 Å². The highest BCUT2D eigenvalue weighted by Crippen LogP contribution is 2.17. The quantitative estimate of drug-likeness (QED) is 0.688. The van der Waals surface area contributed by atoms with Gasteiger partial charge in [-0.1, -0.05) is 0 Å². The van der Waals surface area contributed by atoms with Crippen LogP contribution in [0.15, 0.2) is 6.20 Å². The molecule has 6 nitrogen and oxygen atoms in total. The van der Waals surface area contributed by atoms with Crippen molar-refractivity contribution >= 4 is 11.9 Å². The molecule has 0 saturated carbocycles. The van der Waals surface area contributed by atoms with E-state index in [1.54, 1.807) is 0 Å². The molecule has 0 aliphatic rings. The molecule has 0 aliphatic carbocycles. The van der Waals surface area contributed by atoms with Crippen LogP contribution in [-0.2, 0) is 4.79 Å². The lowest BCUT2D eigenvalue weighted by atomic mass is 10.5. The van der Waals surface area contributed by atoms with Crippen molar-refractivity contribution in [3.8, 4) is 6.01 Å². The first-order valence-electron chi connectivity index (χ1n) is 3.44. The van der Waals surface area contributed by atoms with E-state index in [9.17, 15) is 22.8 Å². The molecule has 1 amide bonds. The number of carbonyl (C=O) groups is 2. The number of esters is 1. The summed E-state index contributed by atoms with van der Waals surface area (Å²) in [5.74, 6) is -3.37. The van der Waals surface area contributed by atoms with E-state index in [0.29, 0.717) is 0 Å². The number of rotatable bonds is 2. The van der Waals surface area contributed by atoms with Crippen molar-refractivity contribution in [1.29, 1.82) is 0 Å². The second kappa shape index (κ2) is 3.59. The van der Waals surface area contributed by atoms with Crippen molar-refractivity contribution in [1.82, 2.24) is 9.97 Å². The average Bonchev–Trinajstić information content (AvgIpc) is 2.50. The summed E-state index contributed by atoms with van der Waals surface area (Å²) in [4.78, 5) is 26.0. The third-order valence-electron chi connectivity index (χ3n) is 1.24. The molecule has 1 aromatic heterocycles. The Labute approximate surface area is 80.2 Å². The molecule has 15 heavy (non-hydrogen) atoms. The number of nitrogens with two attached hydrogens (primary N) is 1. The first kappa shape index (κ1) is 11.0. The van der Waals surface area contributed by atoms with E-state index in [1.807, 2.05) is 4.98 Å². The molecule has 0 atom stereocenters. The number of aromatic amines is 1. The summed E-state index contributed by atoms with van der Waals surface area (Å²) < 4.78 is 38.8. The lowest BCUT2D eigenvalue weighted by molar-refractivity contribution is -0.190. The standard InChI is InChI=1S/C6H4F3N3O3/c7-6(8,9)4(14)15-5-11-1-2(12-5)3(10)13/h1H,(H2,10,13)(H,11,12). The molecule has 1 aromatic rings. The van der Waals surface area contributed by atoms with E-state index in [1.165, 1.54) is 0 Å². The number of amides is 1. The molecule has 3 N–H and O–H groups in total. The van der Waals surface area contributed by atoms with Gasteiger partial charge in [0.15, 0.2) is 0 Å². The van der Waals surface area contributed by atoms with Gasteiger partial charge in [0.2, 0.25) is 0 Å². The summed E-state index contributed by atoms with van der Waals surface area (Å²) in [5, 5.41) is 0. The number of nitrogens with one attached hydrogen (secondary N) is 1. The summed E-state index contributed by atoms with van der Waals surface area (Å²) >= 11 is 0.